The molecule has 2 aliphatic rings. The predicted molar refractivity (Wildman–Crippen MR) is 309 cm³/mol. The molecule has 0 aromatic heterocycles. The van der Waals surface area contributed by atoms with Gasteiger partial charge in [-0.05, 0) is 129 Å². The molecule has 0 atom stereocenters. The lowest BCUT2D eigenvalue weighted by Gasteiger charge is -2.36. The second-order valence-electron chi connectivity index (χ2n) is 19.5. The summed E-state index contributed by atoms with van der Waals surface area (Å²) in [5, 5.41) is 8.06. The third-order valence-electron chi connectivity index (χ3n) is 15.8. The van der Waals surface area contributed by atoms with Gasteiger partial charge < -0.3 is 4.90 Å². The molecule has 0 radical (unpaired) electrons. The number of hydrogen-bond acceptors (Lipinski definition) is 1. The van der Waals surface area contributed by atoms with Crippen LogP contribution in [-0.4, -0.2) is 8.07 Å². The van der Waals surface area contributed by atoms with Crippen molar-refractivity contribution in [1.82, 2.24) is 0 Å². The molecule has 0 saturated carbocycles. The van der Waals surface area contributed by atoms with E-state index >= 15 is 0 Å². The molecular weight excluding hydrogens is 895 g/mol. The molecule has 14 rings (SSSR count). The third kappa shape index (κ3) is 6.61. The fraction of sp³-hybridized carbons (Fsp3) is 0.0141. The van der Waals surface area contributed by atoms with Gasteiger partial charge in [-0.15, -0.1) is 0 Å². The van der Waals surface area contributed by atoms with Crippen LogP contribution >= 0.6 is 0 Å². The van der Waals surface area contributed by atoms with Crippen LogP contribution in [0.25, 0.3) is 55.3 Å². The van der Waals surface area contributed by atoms with Crippen LogP contribution in [0, 0.1) is 0 Å². The first kappa shape index (κ1) is 42.8. The summed E-state index contributed by atoms with van der Waals surface area (Å²) in [7, 11) is -2.90. The molecule has 1 nitrogen and oxygen atoms in total. The molecule has 0 amide bonds. The highest BCUT2D eigenvalue weighted by atomic mass is 28.3. The van der Waals surface area contributed by atoms with Crippen molar-refractivity contribution in [2.45, 2.75) is 5.41 Å². The minimum Gasteiger partial charge on any atom is -0.310 e. The maximum absolute atomic E-state index is 2.90. The first-order chi connectivity index (χ1) is 36.2. The number of fused-ring (bicyclic) bond motifs is 7. The van der Waals surface area contributed by atoms with Crippen LogP contribution < -0.4 is 25.6 Å². The van der Waals surface area contributed by atoms with Gasteiger partial charge in [0.2, 0.25) is 0 Å². The van der Waals surface area contributed by atoms with Gasteiger partial charge in [0.05, 0.1) is 11.1 Å². The van der Waals surface area contributed by atoms with Gasteiger partial charge in [-0.2, -0.15) is 0 Å². The second-order valence-corrected chi connectivity index (χ2v) is 23.2. The van der Waals surface area contributed by atoms with Crippen molar-refractivity contribution in [3.63, 3.8) is 0 Å². The molecule has 1 aliphatic heterocycles. The molecule has 342 valence electrons. The molecular formula is C71H49NSi. The van der Waals surface area contributed by atoms with E-state index in [-0.39, 0.29) is 0 Å². The average Bonchev–Trinajstić information content (AvgIpc) is 3.94. The molecule has 73 heavy (non-hydrogen) atoms. The number of nitrogens with zero attached hydrogens (tertiary/aromatic N) is 1. The van der Waals surface area contributed by atoms with E-state index < -0.39 is 13.5 Å². The normalized spacial score (nSPS) is 13.4. The topological polar surface area (TPSA) is 3.24 Å². The SMILES string of the molecule is c1ccc(-c2ccc([Si]3(c4ccccc4)c4ccccc4-c4ccccc43)cc2N(c2ccc(-c3ccc4ccccc4c3)cc2)c2ccc3c(c2)C(c2ccccc2)(c2ccccc2)c2ccccc2-3)cc1. The van der Waals surface area contributed by atoms with Crippen LogP contribution in [-0.2, 0) is 5.41 Å². The molecule has 1 heterocycles. The summed E-state index contributed by atoms with van der Waals surface area (Å²) in [6.07, 6.45) is 0. The van der Waals surface area contributed by atoms with Crippen molar-refractivity contribution >= 4 is 56.7 Å². The zero-order chi connectivity index (χ0) is 48.3. The Morgan fingerprint density at radius 2 is 0.781 bits per heavy atom. The van der Waals surface area contributed by atoms with Crippen LogP contribution in [0.4, 0.5) is 17.1 Å². The van der Waals surface area contributed by atoms with E-state index in [0.29, 0.717) is 0 Å². The van der Waals surface area contributed by atoms with Crippen molar-refractivity contribution in [3.8, 4) is 44.5 Å². The van der Waals surface area contributed by atoms with Crippen LogP contribution in [0.15, 0.2) is 297 Å². The van der Waals surface area contributed by atoms with E-state index in [1.54, 1.807) is 0 Å². The Balaban J connectivity index is 1.06. The first-order valence-corrected chi connectivity index (χ1v) is 27.4. The highest BCUT2D eigenvalue weighted by Gasteiger charge is 2.49. The third-order valence-corrected chi connectivity index (χ3v) is 20.7. The summed E-state index contributed by atoms with van der Waals surface area (Å²) < 4.78 is 0. The quantitative estimate of drug-likeness (QED) is 0.130. The molecule has 0 fully saturated rings. The van der Waals surface area contributed by atoms with Gasteiger partial charge in [0.15, 0.2) is 8.07 Å². The van der Waals surface area contributed by atoms with Crippen molar-refractivity contribution in [3.05, 3.63) is 320 Å². The van der Waals surface area contributed by atoms with Gasteiger partial charge in [0.25, 0.3) is 0 Å². The van der Waals surface area contributed by atoms with E-state index in [2.05, 4.69) is 302 Å². The smallest absolute Gasteiger partial charge is 0.180 e. The van der Waals surface area contributed by atoms with Crippen LogP contribution in [0.3, 0.4) is 0 Å². The second kappa shape index (κ2) is 17.3. The van der Waals surface area contributed by atoms with Gasteiger partial charge in [0, 0.05) is 16.9 Å². The number of hydrogen-bond donors (Lipinski definition) is 0. The summed E-state index contributed by atoms with van der Waals surface area (Å²) in [6.45, 7) is 0. The van der Waals surface area contributed by atoms with Gasteiger partial charge in [0.1, 0.15) is 0 Å². The number of anilines is 3. The van der Waals surface area contributed by atoms with Crippen molar-refractivity contribution in [1.29, 1.82) is 0 Å². The maximum Gasteiger partial charge on any atom is 0.180 e. The Morgan fingerprint density at radius 1 is 0.274 bits per heavy atom. The summed E-state index contributed by atoms with van der Waals surface area (Å²) in [6, 6.07) is 112. The minimum absolute atomic E-state index is 0.568. The molecule has 0 saturated heterocycles. The molecule has 0 unspecified atom stereocenters. The largest absolute Gasteiger partial charge is 0.310 e. The van der Waals surface area contributed by atoms with Crippen molar-refractivity contribution in [2.75, 3.05) is 4.90 Å². The van der Waals surface area contributed by atoms with Gasteiger partial charge in [-0.25, -0.2) is 0 Å². The van der Waals surface area contributed by atoms with Crippen LogP contribution in [0.1, 0.15) is 22.3 Å². The fourth-order valence-corrected chi connectivity index (χ4v) is 17.9. The lowest BCUT2D eigenvalue weighted by Crippen LogP contribution is -2.72. The average molecular weight is 944 g/mol. The molecule has 12 aromatic carbocycles. The molecule has 1 aliphatic carbocycles. The Bertz CT molecular complexity index is 3930. The van der Waals surface area contributed by atoms with Crippen LogP contribution in [0.2, 0.25) is 0 Å². The predicted octanol–water partition coefficient (Wildman–Crippen LogP) is 15.4. The fourth-order valence-electron chi connectivity index (χ4n) is 12.7. The standard InChI is InChI=1S/C71H49NSi/c1-5-22-52(23-6-1)61-46-44-60(73(59-29-11-4-12-30-59)69-35-19-16-32-64(69)65-33-17-20-36-70(65)73)49-68(61)72(57-41-39-51(40-42-57)54-38-37-50-21-13-14-24-53(50)47-54)58-43-45-63-62-31-15-18-34-66(62)71(67(63)48-58,55-25-7-2-8-26-55)56-27-9-3-10-28-56/h1-49H. The van der Waals surface area contributed by atoms with E-state index in [9.17, 15) is 0 Å². The zero-order valence-corrected chi connectivity index (χ0v) is 41.2. The summed E-state index contributed by atoms with van der Waals surface area (Å²) in [5.74, 6) is 0. The molecule has 0 spiro atoms. The van der Waals surface area contributed by atoms with E-state index in [1.165, 1.54) is 98.3 Å². The summed E-state index contributed by atoms with van der Waals surface area (Å²) in [4.78, 5) is 2.56. The minimum atomic E-state index is -2.90. The van der Waals surface area contributed by atoms with Gasteiger partial charge in [-0.3, -0.25) is 0 Å². The first-order valence-electron chi connectivity index (χ1n) is 25.4. The van der Waals surface area contributed by atoms with E-state index in [1.807, 2.05) is 0 Å². The Labute approximate surface area is 428 Å². The highest BCUT2D eigenvalue weighted by molar-refractivity contribution is 7.22. The number of benzene rings is 12. The molecule has 2 heteroatoms. The maximum atomic E-state index is 2.57. The number of rotatable bonds is 9. The lowest BCUT2D eigenvalue weighted by molar-refractivity contribution is 0.768. The summed E-state index contributed by atoms with van der Waals surface area (Å²) in [5.41, 5.74) is 17.7. The Morgan fingerprint density at radius 3 is 1.45 bits per heavy atom. The van der Waals surface area contributed by atoms with E-state index in [4.69, 9.17) is 0 Å². The summed E-state index contributed by atoms with van der Waals surface area (Å²) >= 11 is 0. The zero-order valence-electron chi connectivity index (χ0n) is 40.2. The van der Waals surface area contributed by atoms with Crippen LogP contribution in [0.5, 0.6) is 0 Å². The van der Waals surface area contributed by atoms with E-state index in [0.717, 1.165) is 17.1 Å². The van der Waals surface area contributed by atoms with Crippen molar-refractivity contribution < 1.29 is 0 Å². The Kier molecular flexibility index (Phi) is 10.2. The van der Waals surface area contributed by atoms with Gasteiger partial charge in [-0.1, -0.05) is 261 Å². The lowest BCUT2D eigenvalue weighted by atomic mass is 9.67. The monoisotopic (exact) mass is 943 g/mol. The molecule has 0 N–H and O–H groups in total. The Hall–Kier alpha value is -9.08. The molecule has 12 aromatic rings. The van der Waals surface area contributed by atoms with Gasteiger partial charge >= 0.3 is 0 Å². The molecule has 0 bridgehead atoms. The highest BCUT2D eigenvalue weighted by Crippen LogP contribution is 2.57. The van der Waals surface area contributed by atoms with Crippen molar-refractivity contribution in [2.24, 2.45) is 0 Å².